The first kappa shape index (κ1) is 14.7. The van der Waals surface area contributed by atoms with Crippen molar-refractivity contribution in [1.29, 1.82) is 0 Å². The minimum Gasteiger partial charge on any atom is -0.363 e. The summed E-state index contributed by atoms with van der Waals surface area (Å²) in [5.41, 5.74) is 5.66. The van der Waals surface area contributed by atoms with Gasteiger partial charge >= 0.3 is 0 Å². The smallest absolute Gasteiger partial charge is 0.0448 e. The Morgan fingerprint density at radius 1 is 1.26 bits per heavy atom. The van der Waals surface area contributed by atoms with Crippen molar-refractivity contribution in [2.24, 2.45) is 0 Å². The van der Waals surface area contributed by atoms with Gasteiger partial charge in [0.2, 0.25) is 0 Å². The highest BCUT2D eigenvalue weighted by atomic mass is 15.2. The number of pyridine rings is 1. The summed E-state index contributed by atoms with van der Waals surface area (Å²) in [4.78, 5) is 9.44. The molecule has 0 aliphatic carbocycles. The number of likely N-dealkylation sites (tertiary alicyclic amines) is 1. The first-order valence-electron chi connectivity index (χ1n) is 8.67. The molecule has 3 heterocycles. The van der Waals surface area contributed by atoms with E-state index in [0.29, 0.717) is 12.0 Å². The minimum absolute atomic E-state index is 0.622. The molecule has 2 aromatic rings. The second-order valence-electron chi connectivity index (χ2n) is 7.13. The molecule has 0 saturated carbocycles. The third-order valence-electron chi connectivity index (χ3n) is 5.38. The molecule has 23 heavy (non-hydrogen) atoms. The third-order valence-corrected chi connectivity index (χ3v) is 5.38. The molecule has 1 fully saturated rings. The molecule has 2 aliphatic rings. The zero-order valence-electron chi connectivity index (χ0n) is 14.1. The summed E-state index contributed by atoms with van der Waals surface area (Å²) in [6, 6.07) is 11.9. The Bertz CT molecular complexity index is 683. The Labute approximate surface area is 139 Å². The van der Waals surface area contributed by atoms with Gasteiger partial charge in [-0.15, -0.1) is 0 Å². The predicted molar refractivity (Wildman–Crippen MR) is 94.9 cm³/mol. The van der Waals surface area contributed by atoms with Gasteiger partial charge in [-0.2, -0.15) is 0 Å². The largest absolute Gasteiger partial charge is 0.363 e. The van der Waals surface area contributed by atoms with Crippen LogP contribution in [0.4, 0.5) is 5.69 Å². The second kappa shape index (κ2) is 5.97. The highest BCUT2D eigenvalue weighted by Gasteiger charge is 2.39. The third kappa shape index (κ3) is 2.74. The monoisotopic (exact) mass is 307 g/mol. The molecular formula is C20H25N3. The zero-order chi connectivity index (χ0) is 15.8. The molecule has 2 aliphatic heterocycles. The lowest BCUT2D eigenvalue weighted by Crippen LogP contribution is -2.35. The molecule has 3 nitrogen and oxygen atoms in total. The van der Waals surface area contributed by atoms with Crippen molar-refractivity contribution < 1.29 is 0 Å². The fourth-order valence-electron chi connectivity index (χ4n) is 4.30. The van der Waals surface area contributed by atoms with Gasteiger partial charge in [-0.1, -0.05) is 23.8 Å². The van der Waals surface area contributed by atoms with Gasteiger partial charge in [-0.05, 0) is 56.6 Å². The van der Waals surface area contributed by atoms with Crippen molar-refractivity contribution in [3.63, 3.8) is 0 Å². The van der Waals surface area contributed by atoms with Crippen molar-refractivity contribution in [2.75, 3.05) is 25.0 Å². The number of rotatable bonds is 2. The summed E-state index contributed by atoms with van der Waals surface area (Å²) < 4.78 is 0. The van der Waals surface area contributed by atoms with Crippen molar-refractivity contribution in [2.45, 2.75) is 38.3 Å². The number of nitrogens with zero attached hydrogens (tertiary/aromatic N) is 3. The molecule has 1 saturated heterocycles. The van der Waals surface area contributed by atoms with Gasteiger partial charge in [0.05, 0.1) is 0 Å². The van der Waals surface area contributed by atoms with Crippen LogP contribution in [0.2, 0.25) is 0 Å². The molecule has 0 bridgehead atoms. The molecule has 2 atom stereocenters. The summed E-state index contributed by atoms with van der Waals surface area (Å²) in [5.74, 6) is 0.633. The first-order chi connectivity index (χ1) is 11.2. The van der Waals surface area contributed by atoms with Crippen LogP contribution in [-0.2, 0) is 6.54 Å². The molecule has 0 spiro atoms. The minimum atomic E-state index is 0.622. The molecule has 0 radical (unpaired) electrons. The lowest BCUT2D eigenvalue weighted by Gasteiger charge is -2.29. The van der Waals surface area contributed by atoms with E-state index in [9.17, 15) is 0 Å². The summed E-state index contributed by atoms with van der Waals surface area (Å²) in [6.45, 7) is 5.56. The maximum absolute atomic E-state index is 4.30. The molecule has 0 amide bonds. The molecule has 4 rings (SSSR count). The summed E-state index contributed by atoms with van der Waals surface area (Å²) in [5, 5.41) is 0. The van der Waals surface area contributed by atoms with E-state index in [1.54, 1.807) is 5.56 Å². The first-order valence-corrected chi connectivity index (χ1v) is 8.67. The number of likely N-dealkylation sites (N-methyl/N-ethyl adjacent to an activating group) is 1. The van der Waals surface area contributed by atoms with Gasteiger partial charge in [-0.3, -0.25) is 4.98 Å². The van der Waals surface area contributed by atoms with E-state index in [4.69, 9.17) is 0 Å². The summed E-state index contributed by atoms with van der Waals surface area (Å²) in [6.07, 6.45) is 6.43. The number of anilines is 1. The van der Waals surface area contributed by atoms with Crippen molar-refractivity contribution in [1.82, 2.24) is 9.88 Å². The van der Waals surface area contributed by atoms with E-state index < -0.39 is 0 Å². The van der Waals surface area contributed by atoms with Gasteiger partial charge in [0.25, 0.3) is 0 Å². The van der Waals surface area contributed by atoms with Gasteiger partial charge in [-0.25, -0.2) is 0 Å². The maximum atomic E-state index is 4.30. The standard InChI is InChI=1S/C20H25N3/c1-15-7-8-20-17(11-15)18-14-22(2)10-4-6-19(18)23(20)13-16-5-3-9-21-12-16/h3,5,7-9,11-12,18-19H,4,6,10,13-14H2,1-2H3/t18-,19?/m0/s1. The van der Waals surface area contributed by atoms with E-state index in [1.165, 1.54) is 42.7 Å². The van der Waals surface area contributed by atoms with E-state index in [0.717, 1.165) is 6.54 Å². The van der Waals surface area contributed by atoms with E-state index in [1.807, 2.05) is 18.5 Å². The van der Waals surface area contributed by atoms with Gasteiger partial charge in [0, 0.05) is 43.1 Å². The quantitative estimate of drug-likeness (QED) is 0.845. The van der Waals surface area contributed by atoms with Crippen LogP contribution in [-0.4, -0.2) is 36.1 Å². The lowest BCUT2D eigenvalue weighted by molar-refractivity contribution is 0.330. The molecule has 0 N–H and O–H groups in total. The highest BCUT2D eigenvalue weighted by molar-refractivity contribution is 5.63. The van der Waals surface area contributed by atoms with E-state index in [-0.39, 0.29) is 0 Å². The number of aromatic nitrogens is 1. The van der Waals surface area contributed by atoms with Crippen molar-refractivity contribution >= 4 is 5.69 Å². The number of hydrogen-bond acceptors (Lipinski definition) is 3. The molecular weight excluding hydrogens is 282 g/mol. The van der Waals surface area contributed by atoms with Crippen LogP contribution < -0.4 is 4.90 Å². The van der Waals surface area contributed by atoms with Crippen LogP contribution >= 0.6 is 0 Å². The number of aryl methyl sites for hydroxylation is 1. The Morgan fingerprint density at radius 3 is 3.00 bits per heavy atom. The van der Waals surface area contributed by atoms with E-state index >= 15 is 0 Å². The number of hydrogen-bond donors (Lipinski definition) is 0. The molecule has 1 unspecified atom stereocenters. The van der Waals surface area contributed by atoms with Crippen LogP contribution in [0.1, 0.15) is 35.4 Å². The fourth-order valence-corrected chi connectivity index (χ4v) is 4.30. The Balaban J connectivity index is 1.73. The Hall–Kier alpha value is -1.87. The predicted octanol–water partition coefficient (Wildman–Crippen LogP) is 3.59. The van der Waals surface area contributed by atoms with E-state index in [2.05, 4.69) is 53.0 Å². The molecule has 1 aromatic heterocycles. The zero-order valence-corrected chi connectivity index (χ0v) is 14.1. The van der Waals surface area contributed by atoms with Crippen LogP contribution in [0.5, 0.6) is 0 Å². The number of fused-ring (bicyclic) bond motifs is 3. The Morgan fingerprint density at radius 2 is 2.17 bits per heavy atom. The second-order valence-corrected chi connectivity index (χ2v) is 7.13. The van der Waals surface area contributed by atoms with Gasteiger partial charge in [0.15, 0.2) is 0 Å². The average Bonchev–Trinajstić information content (AvgIpc) is 2.70. The van der Waals surface area contributed by atoms with Crippen molar-refractivity contribution in [3.05, 3.63) is 59.4 Å². The van der Waals surface area contributed by atoms with Crippen LogP contribution in [0, 0.1) is 6.92 Å². The topological polar surface area (TPSA) is 19.4 Å². The SMILES string of the molecule is Cc1ccc2c(c1)[C@@H]1CN(C)CCCC1N2Cc1cccnc1. The molecule has 120 valence electrons. The maximum Gasteiger partial charge on any atom is 0.0448 e. The molecule has 3 heteroatoms. The van der Waals surface area contributed by atoms with Crippen LogP contribution in [0.15, 0.2) is 42.7 Å². The summed E-state index contributed by atoms with van der Waals surface area (Å²) in [7, 11) is 2.27. The fraction of sp³-hybridized carbons (Fsp3) is 0.450. The normalized spacial score (nSPS) is 24.2. The van der Waals surface area contributed by atoms with Gasteiger partial charge in [0.1, 0.15) is 0 Å². The highest BCUT2D eigenvalue weighted by Crippen LogP contribution is 2.45. The Kier molecular flexibility index (Phi) is 3.82. The summed E-state index contributed by atoms with van der Waals surface area (Å²) >= 11 is 0. The van der Waals surface area contributed by atoms with Crippen LogP contribution in [0.3, 0.4) is 0 Å². The van der Waals surface area contributed by atoms with Crippen LogP contribution in [0.25, 0.3) is 0 Å². The number of benzene rings is 1. The average molecular weight is 307 g/mol. The lowest BCUT2D eigenvalue weighted by atomic mass is 9.92. The van der Waals surface area contributed by atoms with Gasteiger partial charge < -0.3 is 9.80 Å². The molecule has 1 aromatic carbocycles. The van der Waals surface area contributed by atoms with Crippen molar-refractivity contribution in [3.8, 4) is 0 Å².